The molecule has 1 aromatic rings. The molecule has 5 nitrogen and oxygen atoms in total. The number of hydrogen-bond donors (Lipinski definition) is 0. The Morgan fingerprint density at radius 2 is 1.62 bits per heavy atom. The van der Waals surface area contributed by atoms with Gasteiger partial charge in [-0.3, -0.25) is 4.79 Å². The molecule has 6 heteroatoms. The standard InChI is InChI=1S/C15H20N2O3S/c1-12-2-4-13(5-3-12)15(18)16-8-10-17(11-9-16)21(19,20)14-6-7-14/h2-5,14H,6-11H2,1H3. The molecule has 114 valence electrons. The Hall–Kier alpha value is -1.40. The lowest BCUT2D eigenvalue weighted by atomic mass is 10.1. The summed E-state index contributed by atoms with van der Waals surface area (Å²) in [6.07, 6.45) is 1.57. The summed E-state index contributed by atoms with van der Waals surface area (Å²) in [4.78, 5) is 14.1. The van der Waals surface area contributed by atoms with Crippen LogP contribution < -0.4 is 0 Å². The van der Waals surface area contributed by atoms with Crippen LogP contribution >= 0.6 is 0 Å². The molecule has 3 rings (SSSR count). The van der Waals surface area contributed by atoms with Crippen LogP contribution in [0, 0.1) is 6.92 Å². The summed E-state index contributed by atoms with van der Waals surface area (Å²) in [5, 5.41) is -0.170. The van der Waals surface area contributed by atoms with E-state index in [1.54, 1.807) is 9.21 Å². The van der Waals surface area contributed by atoms with Crippen LogP contribution in [-0.4, -0.2) is 55.0 Å². The number of benzene rings is 1. The fourth-order valence-electron chi connectivity index (χ4n) is 2.60. The Morgan fingerprint density at radius 1 is 1.05 bits per heavy atom. The Kier molecular flexibility index (Phi) is 3.75. The maximum Gasteiger partial charge on any atom is 0.253 e. The Balaban J connectivity index is 1.63. The first-order valence-corrected chi connectivity index (χ1v) is 8.84. The van der Waals surface area contributed by atoms with Gasteiger partial charge in [0, 0.05) is 31.7 Å². The fraction of sp³-hybridized carbons (Fsp3) is 0.533. The Morgan fingerprint density at radius 3 is 2.14 bits per heavy atom. The molecule has 2 aliphatic rings. The molecule has 0 aromatic heterocycles. The van der Waals surface area contributed by atoms with Gasteiger partial charge in [0.05, 0.1) is 5.25 Å². The van der Waals surface area contributed by atoms with Gasteiger partial charge in [0.15, 0.2) is 0 Å². The number of carbonyl (C=O) groups excluding carboxylic acids is 1. The quantitative estimate of drug-likeness (QED) is 0.844. The molecule has 0 bridgehead atoms. The lowest BCUT2D eigenvalue weighted by molar-refractivity contribution is 0.0698. The molecule has 1 aliphatic carbocycles. The van der Waals surface area contributed by atoms with Crippen LogP contribution in [0.3, 0.4) is 0 Å². The first-order chi connectivity index (χ1) is 9.98. The van der Waals surface area contributed by atoms with E-state index in [9.17, 15) is 13.2 Å². The van der Waals surface area contributed by atoms with E-state index in [1.165, 1.54) is 0 Å². The van der Waals surface area contributed by atoms with Crippen molar-refractivity contribution in [1.29, 1.82) is 0 Å². The van der Waals surface area contributed by atoms with Gasteiger partial charge in [-0.05, 0) is 31.9 Å². The van der Waals surface area contributed by atoms with Gasteiger partial charge in [-0.2, -0.15) is 4.31 Å². The van der Waals surface area contributed by atoms with Crippen molar-refractivity contribution < 1.29 is 13.2 Å². The minimum absolute atomic E-state index is 0.0153. The van der Waals surface area contributed by atoms with E-state index in [-0.39, 0.29) is 11.2 Å². The summed E-state index contributed by atoms with van der Waals surface area (Å²) >= 11 is 0. The highest BCUT2D eigenvalue weighted by Gasteiger charge is 2.41. The average molecular weight is 308 g/mol. The van der Waals surface area contributed by atoms with Crippen molar-refractivity contribution in [2.75, 3.05) is 26.2 Å². The second-order valence-corrected chi connectivity index (χ2v) is 8.01. The molecule has 0 unspecified atom stereocenters. The molecular weight excluding hydrogens is 288 g/mol. The molecule has 1 saturated carbocycles. The first-order valence-electron chi connectivity index (χ1n) is 7.33. The molecule has 1 aliphatic heterocycles. The monoisotopic (exact) mass is 308 g/mol. The number of sulfonamides is 1. The van der Waals surface area contributed by atoms with Crippen LogP contribution in [0.4, 0.5) is 0 Å². The zero-order valence-corrected chi connectivity index (χ0v) is 13.0. The summed E-state index contributed by atoms with van der Waals surface area (Å²) in [6.45, 7) is 3.75. The number of amides is 1. The van der Waals surface area contributed by atoms with E-state index in [4.69, 9.17) is 0 Å². The van der Waals surface area contributed by atoms with Gasteiger partial charge in [-0.15, -0.1) is 0 Å². The minimum Gasteiger partial charge on any atom is -0.336 e. The number of carbonyl (C=O) groups is 1. The molecule has 1 heterocycles. The molecule has 21 heavy (non-hydrogen) atoms. The third-order valence-corrected chi connectivity index (χ3v) is 6.53. The minimum atomic E-state index is -3.11. The molecular formula is C15H20N2O3S. The van der Waals surface area contributed by atoms with Crippen molar-refractivity contribution in [1.82, 2.24) is 9.21 Å². The predicted molar refractivity (Wildman–Crippen MR) is 80.6 cm³/mol. The third-order valence-electron chi connectivity index (χ3n) is 4.13. The number of piperazine rings is 1. The second-order valence-electron chi connectivity index (χ2n) is 5.80. The smallest absolute Gasteiger partial charge is 0.253 e. The topological polar surface area (TPSA) is 57.7 Å². The SMILES string of the molecule is Cc1ccc(C(=O)N2CCN(S(=O)(=O)C3CC3)CC2)cc1. The van der Waals surface area contributed by atoms with Gasteiger partial charge < -0.3 is 4.90 Å². The van der Waals surface area contributed by atoms with Crippen molar-refractivity contribution in [3.05, 3.63) is 35.4 Å². The summed E-state index contributed by atoms with van der Waals surface area (Å²) < 4.78 is 25.9. The molecule has 1 amide bonds. The average Bonchev–Trinajstić information content (AvgIpc) is 3.32. The molecule has 0 radical (unpaired) electrons. The molecule has 1 aromatic carbocycles. The van der Waals surface area contributed by atoms with Crippen molar-refractivity contribution >= 4 is 15.9 Å². The summed E-state index contributed by atoms with van der Waals surface area (Å²) in [7, 11) is -3.11. The van der Waals surface area contributed by atoms with E-state index in [1.807, 2.05) is 31.2 Å². The molecule has 0 spiro atoms. The number of rotatable bonds is 3. The van der Waals surface area contributed by atoms with Gasteiger partial charge in [-0.1, -0.05) is 17.7 Å². The van der Waals surface area contributed by atoms with Gasteiger partial charge in [-0.25, -0.2) is 8.42 Å². The Labute approximate surface area is 125 Å². The number of aryl methyl sites for hydroxylation is 1. The summed E-state index contributed by atoms with van der Waals surface area (Å²) in [5.74, 6) is -0.0153. The normalized spacial score (nSPS) is 20.5. The van der Waals surface area contributed by atoms with Gasteiger partial charge in [0.2, 0.25) is 10.0 Å². The van der Waals surface area contributed by atoms with E-state index < -0.39 is 10.0 Å². The first kappa shape index (κ1) is 14.5. The van der Waals surface area contributed by atoms with Crippen LogP contribution in [0.2, 0.25) is 0 Å². The molecule has 0 N–H and O–H groups in total. The summed E-state index contributed by atoms with van der Waals surface area (Å²) in [5.41, 5.74) is 1.78. The van der Waals surface area contributed by atoms with Crippen LogP contribution in [-0.2, 0) is 10.0 Å². The maximum absolute atomic E-state index is 12.4. The predicted octanol–water partition coefficient (Wildman–Crippen LogP) is 1.25. The van der Waals surface area contributed by atoms with Crippen molar-refractivity contribution in [3.8, 4) is 0 Å². The van der Waals surface area contributed by atoms with Crippen LogP contribution in [0.1, 0.15) is 28.8 Å². The fourth-order valence-corrected chi connectivity index (χ4v) is 4.43. The van der Waals surface area contributed by atoms with Crippen molar-refractivity contribution in [3.63, 3.8) is 0 Å². The van der Waals surface area contributed by atoms with E-state index in [0.29, 0.717) is 31.7 Å². The highest BCUT2D eigenvalue weighted by atomic mass is 32.2. The lowest BCUT2D eigenvalue weighted by Crippen LogP contribution is -2.51. The third kappa shape index (κ3) is 2.96. The van der Waals surface area contributed by atoms with Crippen molar-refractivity contribution in [2.24, 2.45) is 0 Å². The van der Waals surface area contributed by atoms with Crippen molar-refractivity contribution in [2.45, 2.75) is 25.0 Å². The zero-order chi connectivity index (χ0) is 15.0. The second kappa shape index (κ2) is 5.42. The molecule has 1 saturated heterocycles. The van der Waals surface area contributed by atoms with Crippen LogP contribution in [0.25, 0.3) is 0 Å². The largest absolute Gasteiger partial charge is 0.336 e. The summed E-state index contributed by atoms with van der Waals surface area (Å²) in [6, 6.07) is 7.48. The van der Waals surface area contributed by atoms with Gasteiger partial charge in [0.25, 0.3) is 5.91 Å². The van der Waals surface area contributed by atoms with Gasteiger partial charge >= 0.3 is 0 Å². The zero-order valence-electron chi connectivity index (χ0n) is 12.2. The highest BCUT2D eigenvalue weighted by Crippen LogP contribution is 2.31. The van der Waals surface area contributed by atoms with E-state index in [2.05, 4.69) is 0 Å². The van der Waals surface area contributed by atoms with E-state index in [0.717, 1.165) is 18.4 Å². The maximum atomic E-state index is 12.4. The van der Waals surface area contributed by atoms with E-state index >= 15 is 0 Å². The molecule has 2 fully saturated rings. The molecule has 0 atom stereocenters. The highest BCUT2D eigenvalue weighted by molar-refractivity contribution is 7.90. The number of hydrogen-bond acceptors (Lipinski definition) is 3. The number of nitrogens with zero attached hydrogens (tertiary/aromatic N) is 2. The van der Waals surface area contributed by atoms with Gasteiger partial charge in [0.1, 0.15) is 0 Å². The van der Waals surface area contributed by atoms with Crippen LogP contribution in [0.15, 0.2) is 24.3 Å². The lowest BCUT2D eigenvalue weighted by Gasteiger charge is -2.34. The Bertz CT molecular complexity index is 627. The van der Waals surface area contributed by atoms with Crippen LogP contribution in [0.5, 0.6) is 0 Å².